The fourth-order valence-electron chi connectivity index (χ4n) is 2.55. The molecule has 0 aromatic heterocycles. The van der Waals surface area contributed by atoms with Gasteiger partial charge in [0, 0.05) is 24.1 Å². The minimum absolute atomic E-state index is 0.0234. The largest absolute Gasteiger partial charge is 0.481 e. The van der Waals surface area contributed by atoms with Gasteiger partial charge in [0.25, 0.3) is 0 Å². The number of anilines is 1. The van der Waals surface area contributed by atoms with Gasteiger partial charge in [-0.25, -0.2) is 0 Å². The molecule has 1 heterocycles. The van der Waals surface area contributed by atoms with E-state index in [1.54, 1.807) is 0 Å². The third-order valence-electron chi connectivity index (χ3n) is 3.51. The third-order valence-corrected chi connectivity index (χ3v) is 4.14. The number of halogens is 1. The first-order chi connectivity index (χ1) is 8.97. The first-order valence-electron chi connectivity index (χ1n) is 6.40. The molecule has 0 amide bonds. The Hall–Kier alpha value is -1.07. The summed E-state index contributed by atoms with van der Waals surface area (Å²) in [6.45, 7) is 4.65. The van der Waals surface area contributed by atoms with Crippen LogP contribution in [0.15, 0.2) is 22.7 Å². The number of likely N-dealkylation sites (N-methyl/N-ethyl adjacent to an activating group) is 1. The maximum absolute atomic E-state index is 11.0. The van der Waals surface area contributed by atoms with E-state index >= 15 is 0 Å². The second kappa shape index (κ2) is 5.92. The van der Waals surface area contributed by atoms with E-state index in [1.807, 2.05) is 14.0 Å². The molecule has 1 aromatic carbocycles. The molecule has 5 heteroatoms. The number of nitrogens with zero attached hydrogens (tertiary/aromatic N) is 2. The Kier molecular flexibility index (Phi) is 4.47. The summed E-state index contributed by atoms with van der Waals surface area (Å²) in [6.07, 6.45) is 0.171. The highest BCUT2D eigenvalue weighted by Crippen LogP contribution is 2.30. The smallest absolute Gasteiger partial charge is 0.305 e. The summed E-state index contributed by atoms with van der Waals surface area (Å²) in [5.41, 5.74) is 2.28. The van der Waals surface area contributed by atoms with Crippen molar-refractivity contribution >= 4 is 27.6 Å². The summed E-state index contributed by atoms with van der Waals surface area (Å²) in [4.78, 5) is 15.4. The second-order valence-electron chi connectivity index (χ2n) is 5.16. The first-order valence-corrected chi connectivity index (χ1v) is 7.20. The number of carbonyl (C=O) groups is 1. The Morgan fingerprint density at radius 2 is 2.21 bits per heavy atom. The Morgan fingerprint density at radius 3 is 2.84 bits per heavy atom. The molecule has 1 aliphatic rings. The van der Waals surface area contributed by atoms with Crippen molar-refractivity contribution in [1.29, 1.82) is 0 Å². The molecule has 1 fully saturated rings. The van der Waals surface area contributed by atoms with Gasteiger partial charge in [0.05, 0.1) is 18.2 Å². The average Bonchev–Trinajstić information content (AvgIpc) is 2.30. The van der Waals surface area contributed by atoms with Crippen LogP contribution < -0.4 is 4.90 Å². The molecule has 1 atom stereocenters. The van der Waals surface area contributed by atoms with Gasteiger partial charge in [0.1, 0.15) is 0 Å². The van der Waals surface area contributed by atoms with Gasteiger partial charge in [-0.05, 0) is 47.6 Å². The quantitative estimate of drug-likeness (QED) is 0.926. The lowest BCUT2D eigenvalue weighted by Crippen LogP contribution is -2.52. The van der Waals surface area contributed by atoms with Crippen LogP contribution in [0.3, 0.4) is 0 Å². The van der Waals surface area contributed by atoms with Gasteiger partial charge in [0.2, 0.25) is 0 Å². The molecule has 0 radical (unpaired) electrons. The highest BCUT2D eigenvalue weighted by molar-refractivity contribution is 9.10. The molecule has 0 spiro atoms. The predicted octanol–water partition coefficient (Wildman–Crippen LogP) is 2.35. The van der Waals surface area contributed by atoms with Crippen LogP contribution in [0.2, 0.25) is 0 Å². The molecule has 1 aromatic rings. The number of benzene rings is 1. The minimum Gasteiger partial charge on any atom is -0.481 e. The molecule has 19 heavy (non-hydrogen) atoms. The van der Waals surface area contributed by atoms with Gasteiger partial charge >= 0.3 is 5.97 Å². The van der Waals surface area contributed by atoms with E-state index in [9.17, 15) is 4.79 Å². The van der Waals surface area contributed by atoms with Gasteiger partial charge in [-0.2, -0.15) is 0 Å². The zero-order valence-corrected chi connectivity index (χ0v) is 12.9. The van der Waals surface area contributed by atoms with Crippen LogP contribution in [0.4, 0.5) is 5.69 Å². The fourth-order valence-corrected chi connectivity index (χ4v) is 3.27. The van der Waals surface area contributed by atoms with Crippen molar-refractivity contribution in [2.45, 2.75) is 19.4 Å². The van der Waals surface area contributed by atoms with E-state index in [2.05, 4.69) is 43.9 Å². The monoisotopic (exact) mass is 326 g/mol. The maximum Gasteiger partial charge on any atom is 0.305 e. The van der Waals surface area contributed by atoms with Crippen LogP contribution in [0.1, 0.15) is 12.0 Å². The Bertz CT molecular complexity index is 479. The highest BCUT2D eigenvalue weighted by Gasteiger charge is 2.28. The molecule has 2 rings (SSSR count). The number of carboxylic acid groups (broad SMARTS) is 1. The topological polar surface area (TPSA) is 43.8 Å². The number of aliphatic carboxylic acids is 1. The lowest BCUT2D eigenvalue weighted by atomic mass is 10.1. The van der Waals surface area contributed by atoms with Crippen LogP contribution in [0.25, 0.3) is 0 Å². The number of piperazine rings is 1. The molecule has 1 unspecified atom stereocenters. The minimum atomic E-state index is -0.742. The summed E-state index contributed by atoms with van der Waals surface area (Å²) >= 11 is 3.59. The highest BCUT2D eigenvalue weighted by atomic mass is 79.9. The van der Waals surface area contributed by atoms with Crippen LogP contribution in [0, 0.1) is 6.92 Å². The number of rotatable bonds is 3. The summed E-state index contributed by atoms with van der Waals surface area (Å²) in [5.74, 6) is -0.742. The third kappa shape index (κ3) is 3.48. The van der Waals surface area contributed by atoms with Crippen molar-refractivity contribution in [2.24, 2.45) is 0 Å². The van der Waals surface area contributed by atoms with Gasteiger partial charge in [-0.15, -0.1) is 0 Å². The van der Waals surface area contributed by atoms with Gasteiger partial charge < -0.3 is 14.9 Å². The zero-order valence-electron chi connectivity index (χ0n) is 11.3. The Morgan fingerprint density at radius 1 is 1.47 bits per heavy atom. The van der Waals surface area contributed by atoms with Crippen LogP contribution >= 0.6 is 15.9 Å². The number of hydrogen-bond acceptors (Lipinski definition) is 3. The normalized spacial score (nSPS) is 20.6. The summed E-state index contributed by atoms with van der Waals surface area (Å²) in [7, 11) is 2.04. The van der Waals surface area contributed by atoms with E-state index < -0.39 is 5.97 Å². The second-order valence-corrected chi connectivity index (χ2v) is 6.02. The molecule has 1 saturated heterocycles. The lowest BCUT2D eigenvalue weighted by Gasteiger charge is -2.41. The van der Waals surface area contributed by atoms with E-state index in [0.717, 1.165) is 29.8 Å². The standard InChI is InChI=1S/C14H19BrN2O2/c1-10-3-4-13(12(15)7-10)17-6-5-16(2)9-11(17)8-14(18)19/h3-4,7,11H,5-6,8-9H2,1-2H3,(H,18,19). The van der Waals surface area contributed by atoms with Crippen LogP contribution in [-0.4, -0.2) is 48.7 Å². The molecule has 4 nitrogen and oxygen atoms in total. The zero-order chi connectivity index (χ0) is 14.0. The van der Waals surface area contributed by atoms with Crippen molar-refractivity contribution in [1.82, 2.24) is 4.90 Å². The Labute approximate surface area is 122 Å². The van der Waals surface area contributed by atoms with Crippen molar-refractivity contribution in [2.75, 3.05) is 31.6 Å². The molecule has 0 saturated carbocycles. The van der Waals surface area contributed by atoms with E-state index in [0.29, 0.717) is 0 Å². The lowest BCUT2D eigenvalue weighted by molar-refractivity contribution is -0.137. The molecule has 0 aliphatic carbocycles. The van der Waals surface area contributed by atoms with E-state index in [-0.39, 0.29) is 12.5 Å². The molecule has 1 aliphatic heterocycles. The summed E-state index contributed by atoms with van der Waals surface area (Å²) < 4.78 is 1.03. The van der Waals surface area contributed by atoms with Gasteiger partial charge in [-0.3, -0.25) is 4.79 Å². The predicted molar refractivity (Wildman–Crippen MR) is 79.8 cm³/mol. The molecular weight excluding hydrogens is 308 g/mol. The maximum atomic E-state index is 11.0. The van der Waals surface area contributed by atoms with Crippen LogP contribution in [0.5, 0.6) is 0 Å². The van der Waals surface area contributed by atoms with Gasteiger partial charge in [-0.1, -0.05) is 6.07 Å². The number of hydrogen-bond donors (Lipinski definition) is 1. The molecule has 0 bridgehead atoms. The summed E-state index contributed by atoms with van der Waals surface area (Å²) in [5, 5.41) is 9.07. The van der Waals surface area contributed by atoms with E-state index in [4.69, 9.17) is 5.11 Å². The van der Waals surface area contributed by atoms with E-state index in [1.165, 1.54) is 5.56 Å². The van der Waals surface area contributed by atoms with Crippen molar-refractivity contribution in [3.8, 4) is 0 Å². The number of carboxylic acids is 1. The van der Waals surface area contributed by atoms with Crippen molar-refractivity contribution < 1.29 is 9.90 Å². The SMILES string of the molecule is Cc1ccc(N2CCN(C)CC2CC(=O)O)c(Br)c1. The van der Waals surface area contributed by atoms with Crippen LogP contribution in [-0.2, 0) is 4.79 Å². The van der Waals surface area contributed by atoms with Crippen molar-refractivity contribution in [3.05, 3.63) is 28.2 Å². The first kappa shape index (κ1) is 14.3. The Balaban J connectivity index is 2.26. The fraction of sp³-hybridized carbons (Fsp3) is 0.500. The number of aryl methyl sites for hydroxylation is 1. The molecule has 1 N–H and O–H groups in total. The summed E-state index contributed by atoms with van der Waals surface area (Å²) in [6, 6.07) is 6.23. The molecule has 104 valence electrons. The van der Waals surface area contributed by atoms with Crippen molar-refractivity contribution in [3.63, 3.8) is 0 Å². The molecular formula is C14H19BrN2O2. The van der Waals surface area contributed by atoms with Gasteiger partial charge in [0.15, 0.2) is 0 Å². The average molecular weight is 327 g/mol.